The summed E-state index contributed by atoms with van der Waals surface area (Å²) in [7, 11) is 0. The van der Waals surface area contributed by atoms with Gasteiger partial charge in [-0.15, -0.1) is 0 Å². The molecule has 18 heavy (non-hydrogen) atoms. The summed E-state index contributed by atoms with van der Waals surface area (Å²) in [4.78, 5) is 14.6. The lowest BCUT2D eigenvalue weighted by Crippen LogP contribution is -2.34. The highest BCUT2D eigenvalue weighted by molar-refractivity contribution is 5.75. The lowest BCUT2D eigenvalue weighted by atomic mass is 10.1. The molecular formula is C11H9F3N2O2. The van der Waals surface area contributed by atoms with Gasteiger partial charge in [0.15, 0.2) is 5.92 Å². The van der Waals surface area contributed by atoms with E-state index in [9.17, 15) is 18.0 Å². The van der Waals surface area contributed by atoms with E-state index in [1.165, 1.54) is 10.9 Å². The number of para-hydroxylation sites is 2. The van der Waals surface area contributed by atoms with E-state index in [4.69, 9.17) is 5.11 Å². The molecule has 2 aromatic rings. The van der Waals surface area contributed by atoms with Gasteiger partial charge < -0.3 is 9.67 Å². The molecule has 0 aliphatic rings. The quantitative estimate of drug-likeness (QED) is 0.919. The molecule has 1 aromatic carbocycles. The van der Waals surface area contributed by atoms with Crippen molar-refractivity contribution in [3.63, 3.8) is 0 Å². The Balaban J connectivity index is 2.35. The van der Waals surface area contributed by atoms with Crippen molar-refractivity contribution >= 4 is 17.0 Å². The summed E-state index contributed by atoms with van der Waals surface area (Å²) >= 11 is 0. The second-order valence-electron chi connectivity index (χ2n) is 3.82. The summed E-state index contributed by atoms with van der Waals surface area (Å²) in [5, 5.41) is 8.63. The van der Waals surface area contributed by atoms with Crippen LogP contribution in [0.3, 0.4) is 0 Å². The average Bonchev–Trinajstić information content (AvgIpc) is 2.67. The van der Waals surface area contributed by atoms with Gasteiger partial charge in [-0.2, -0.15) is 13.2 Å². The number of rotatable bonds is 3. The van der Waals surface area contributed by atoms with Crippen molar-refractivity contribution in [1.82, 2.24) is 9.55 Å². The van der Waals surface area contributed by atoms with Gasteiger partial charge in [0.25, 0.3) is 0 Å². The van der Waals surface area contributed by atoms with Crippen LogP contribution >= 0.6 is 0 Å². The second kappa shape index (κ2) is 4.32. The molecule has 4 nitrogen and oxygen atoms in total. The highest BCUT2D eigenvalue weighted by Crippen LogP contribution is 2.28. The van der Waals surface area contributed by atoms with Gasteiger partial charge in [0.2, 0.25) is 0 Å². The maximum atomic E-state index is 12.5. The van der Waals surface area contributed by atoms with Crippen molar-refractivity contribution in [2.45, 2.75) is 12.7 Å². The number of aliphatic carboxylic acids is 1. The smallest absolute Gasteiger partial charge is 0.403 e. The third kappa shape index (κ3) is 2.29. The fourth-order valence-electron chi connectivity index (χ4n) is 1.67. The molecule has 0 saturated heterocycles. The number of halogens is 3. The molecule has 2 rings (SSSR count). The van der Waals surface area contributed by atoms with Gasteiger partial charge in [0.1, 0.15) is 0 Å². The zero-order valence-corrected chi connectivity index (χ0v) is 9.05. The van der Waals surface area contributed by atoms with Gasteiger partial charge >= 0.3 is 12.1 Å². The summed E-state index contributed by atoms with van der Waals surface area (Å²) in [5.74, 6) is -4.32. The fraction of sp³-hybridized carbons (Fsp3) is 0.273. The molecule has 1 heterocycles. The van der Waals surface area contributed by atoms with Crippen LogP contribution < -0.4 is 0 Å². The number of aromatic nitrogens is 2. The highest BCUT2D eigenvalue weighted by Gasteiger charge is 2.45. The number of nitrogens with zero attached hydrogens (tertiary/aromatic N) is 2. The van der Waals surface area contributed by atoms with Gasteiger partial charge in [-0.05, 0) is 12.1 Å². The molecular weight excluding hydrogens is 249 g/mol. The van der Waals surface area contributed by atoms with E-state index >= 15 is 0 Å². The summed E-state index contributed by atoms with van der Waals surface area (Å²) in [5.41, 5.74) is 1.01. The molecule has 0 bridgehead atoms. The van der Waals surface area contributed by atoms with Gasteiger partial charge in [-0.1, -0.05) is 12.1 Å². The van der Waals surface area contributed by atoms with Crippen LogP contribution in [0.5, 0.6) is 0 Å². The minimum Gasteiger partial charge on any atom is -0.481 e. The maximum absolute atomic E-state index is 12.5. The molecule has 1 unspecified atom stereocenters. The Morgan fingerprint density at radius 1 is 1.39 bits per heavy atom. The fourth-order valence-corrected chi connectivity index (χ4v) is 1.67. The molecule has 0 radical (unpaired) electrons. The van der Waals surface area contributed by atoms with E-state index < -0.39 is 24.6 Å². The molecule has 7 heteroatoms. The maximum Gasteiger partial charge on any atom is 0.403 e. The SMILES string of the molecule is O=C(O)C(Cn1cnc2ccccc21)C(F)(F)F. The first-order chi connectivity index (χ1) is 8.39. The Hall–Kier alpha value is -2.05. The molecule has 1 N–H and O–H groups in total. The average molecular weight is 258 g/mol. The van der Waals surface area contributed by atoms with Crippen molar-refractivity contribution in [2.75, 3.05) is 0 Å². The lowest BCUT2D eigenvalue weighted by molar-refractivity contribution is -0.195. The number of benzene rings is 1. The Labute approximate surface area is 99.7 Å². The van der Waals surface area contributed by atoms with Gasteiger partial charge in [0.05, 0.1) is 17.4 Å². The zero-order chi connectivity index (χ0) is 13.3. The summed E-state index contributed by atoms with van der Waals surface area (Å²) in [6, 6.07) is 6.61. The van der Waals surface area contributed by atoms with Crippen LogP contribution in [0, 0.1) is 5.92 Å². The Morgan fingerprint density at radius 3 is 2.67 bits per heavy atom. The number of carboxylic acid groups (broad SMARTS) is 1. The van der Waals surface area contributed by atoms with E-state index in [0.717, 1.165) is 0 Å². The van der Waals surface area contributed by atoms with E-state index in [1.54, 1.807) is 24.3 Å². The highest BCUT2D eigenvalue weighted by atomic mass is 19.4. The summed E-state index contributed by atoms with van der Waals surface area (Å²) < 4.78 is 38.8. The van der Waals surface area contributed by atoms with Crippen molar-refractivity contribution in [2.24, 2.45) is 5.92 Å². The Kier molecular flexibility index (Phi) is 2.98. The summed E-state index contributed by atoms with van der Waals surface area (Å²) in [6.07, 6.45) is -3.57. The third-order valence-electron chi connectivity index (χ3n) is 2.60. The topological polar surface area (TPSA) is 55.1 Å². The van der Waals surface area contributed by atoms with E-state index in [-0.39, 0.29) is 0 Å². The molecule has 0 spiro atoms. The predicted octanol–water partition coefficient (Wildman–Crippen LogP) is 2.30. The molecule has 0 aliphatic carbocycles. The minimum atomic E-state index is -4.78. The monoisotopic (exact) mass is 258 g/mol. The number of hydrogen-bond donors (Lipinski definition) is 1. The van der Waals surface area contributed by atoms with Crippen molar-refractivity contribution in [3.05, 3.63) is 30.6 Å². The predicted molar refractivity (Wildman–Crippen MR) is 56.9 cm³/mol. The van der Waals surface area contributed by atoms with Crippen LogP contribution in [-0.4, -0.2) is 26.8 Å². The number of fused-ring (bicyclic) bond motifs is 1. The van der Waals surface area contributed by atoms with E-state index in [1.807, 2.05) is 0 Å². The summed E-state index contributed by atoms with van der Waals surface area (Å²) in [6.45, 7) is -0.681. The van der Waals surface area contributed by atoms with Gasteiger partial charge in [-0.25, -0.2) is 4.98 Å². The number of hydrogen-bond acceptors (Lipinski definition) is 2. The first-order valence-corrected chi connectivity index (χ1v) is 5.09. The van der Waals surface area contributed by atoms with Crippen molar-refractivity contribution in [1.29, 1.82) is 0 Å². The van der Waals surface area contributed by atoms with Gasteiger partial charge in [-0.3, -0.25) is 4.79 Å². The number of carboxylic acids is 1. The number of alkyl halides is 3. The standard InChI is InChI=1S/C11H9F3N2O2/c12-11(13,14)7(10(17)18)5-16-6-15-8-3-1-2-4-9(8)16/h1-4,6-7H,5H2,(H,17,18). The van der Waals surface area contributed by atoms with E-state index in [2.05, 4.69) is 4.98 Å². The molecule has 0 fully saturated rings. The minimum absolute atomic E-state index is 0.480. The Morgan fingerprint density at radius 2 is 2.06 bits per heavy atom. The lowest BCUT2D eigenvalue weighted by Gasteiger charge is -2.16. The number of imidazole rings is 1. The second-order valence-corrected chi connectivity index (χ2v) is 3.82. The van der Waals surface area contributed by atoms with Crippen LogP contribution in [0.2, 0.25) is 0 Å². The van der Waals surface area contributed by atoms with Crippen molar-refractivity contribution < 1.29 is 23.1 Å². The third-order valence-corrected chi connectivity index (χ3v) is 2.60. The first-order valence-electron chi connectivity index (χ1n) is 5.09. The molecule has 0 amide bonds. The first kappa shape index (κ1) is 12.4. The largest absolute Gasteiger partial charge is 0.481 e. The molecule has 1 aromatic heterocycles. The molecule has 96 valence electrons. The van der Waals surface area contributed by atoms with Crippen LogP contribution in [-0.2, 0) is 11.3 Å². The Bertz CT molecular complexity index is 577. The normalized spacial score (nSPS) is 13.7. The van der Waals surface area contributed by atoms with Crippen LogP contribution in [0.15, 0.2) is 30.6 Å². The number of carbonyl (C=O) groups is 1. The molecule has 1 atom stereocenters. The molecule has 0 saturated carbocycles. The molecule has 0 aliphatic heterocycles. The van der Waals surface area contributed by atoms with Crippen LogP contribution in [0.25, 0.3) is 11.0 Å². The zero-order valence-electron chi connectivity index (χ0n) is 9.05. The van der Waals surface area contributed by atoms with Gasteiger partial charge in [0, 0.05) is 6.54 Å². The van der Waals surface area contributed by atoms with Crippen LogP contribution in [0.1, 0.15) is 0 Å². The van der Waals surface area contributed by atoms with E-state index in [0.29, 0.717) is 11.0 Å². The van der Waals surface area contributed by atoms with Crippen molar-refractivity contribution in [3.8, 4) is 0 Å². The van der Waals surface area contributed by atoms with Crippen LogP contribution in [0.4, 0.5) is 13.2 Å².